The van der Waals surface area contributed by atoms with Gasteiger partial charge in [0.1, 0.15) is 5.75 Å². The van der Waals surface area contributed by atoms with Crippen molar-refractivity contribution in [3.05, 3.63) is 59.7 Å². The molecular formula is C19H22N2O3. The number of anilines is 1. The Hall–Kier alpha value is -2.82. The molecule has 0 spiro atoms. The van der Waals surface area contributed by atoms with E-state index in [0.29, 0.717) is 17.9 Å². The summed E-state index contributed by atoms with van der Waals surface area (Å²) < 4.78 is 5.10. The van der Waals surface area contributed by atoms with Crippen LogP contribution in [0.5, 0.6) is 5.75 Å². The van der Waals surface area contributed by atoms with Crippen molar-refractivity contribution in [3.8, 4) is 5.75 Å². The van der Waals surface area contributed by atoms with Crippen LogP contribution in [0.25, 0.3) is 0 Å². The van der Waals surface area contributed by atoms with E-state index < -0.39 is 0 Å². The Morgan fingerprint density at radius 1 is 1.12 bits per heavy atom. The summed E-state index contributed by atoms with van der Waals surface area (Å²) in [6.45, 7) is 4.37. The maximum Gasteiger partial charge on any atom is 0.251 e. The highest BCUT2D eigenvalue weighted by atomic mass is 16.5. The van der Waals surface area contributed by atoms with E-state index in [9.17, 15) is 9.59 Å². The van der Waals surface area contributed by atoms with Crippen LogP contribution in [0.2, 0.25) is 0 Å². The fourth-order valence-corrected chi connectivity index (χ4v) is 2.42. The van der Waals surface area contributed by atoms with E-state index in [1.807, 2.05) is 38.1 Å². The Kier molecular flexibility index (Phi) is 5.95. The summed E-state index contributed by atoms with van der Waals surface area (Å²) in [7, 11) is 1.54. The monoisotopic (exact) mass is 326 g/mol. The first-order chi connectivity index (χ1) is 11.5. The zero-order chi connectivity index (χ0) is 17.5. The predicted molar refractivity (Wildman–Crippen MR) is 94.5 cm³/mol. The van der Waals surface area contributed by atoms with Gasteiger partial charge in [0.15, 0.2) is 0 Å². The Bertz CT molecular complexity index is 728. The zero-order valence-corrected chi connectivity index (χ0v) is 14.2. The maximum absolute atomic E-state index is 12.4. The van der Waals surface area contributed by atoms with Crippen molar-refractivity contribution in [2.45, 2.75) is 13.8 Å². The third-order valence-corrected chi connectivity index (χ3v) is 3.66. The molecule has 2 aromatic rings. The number of carbonyl (C=O) groups is 2. The van der Waals surface area contributed by atoms with Gasteiger partial charge in [-0.05, 0) is 49.7 Å². The molecule has 0 saturated carbocycles. The number of ether oxygens (including phenoxy) is 1. The summed E-state index contributed by atoms with van der Waals surface area (Å²) in [5, 5.41) is 2.66. The summed E-state index contributed by atoms with van der Waals surface area (Å²) in [4.78, 5) is 26.3. The number of nitrogens with zero attached hydrogens (tertiary/aromatic N) is 1. The first-order valence-corrected chi connectivity index (χ1v) is 7.84. The molecular weight excluding hydrogens is 304 g/mol. The minimum absolute atomic E-state index is 0.0577. The first kappa shape index (κ1) is 17.5. The molecule has 0 saturated heterocycles. The topological polar surface area (TPSA) is 58.6 Å². The van der Waals surface area contributed by atoms with Crippen molar-refractivity contribution < 1.29 is 14.3 Å². The molecule has 5 heteroatoms. The molecule has 0 fully saturated rings. The van der Waals surface area contributed by atoms with Crippen LogP contribution in [0.15, 0.2) is 48.5 Å². The lowest BCUT2D eigenvalue weighted by Gasteiger charge is -2.21. The highest BCUT2D eigenvalue weighted by Gasteiger charge is 2.15. The van der Waals surface area contributed by atoms with Gasteiger partial charge in [-0.1, -0.05) is 18.2 Å². The Balaban J connectivity index is 2.01. The molecule has 24 heavy (non-hydrogen) atoms. The number of nitrogens with one attached hydrogen (secondary N) is 1. The number of carbonyl (C=O) groups excluding carboxylic acids is 2. The molecule has 0 aliphatic heterocycles. The molecule has 0 unspecified atom stereocenters. The zero-order valence-electron chi connectivity index (χ0n) is 14.2. The number of likely N-dealkylation sites (N-methyl/N-ethyl adjacent to an activating group) is 1. The van der Waals surface area contributed by atoms with Crippen LogP contribution < -0.4 is 15.0 Å². The fourth-order valence-electron chi connectivity index (χ4n) is 2.42. The molecule has 2 rings (SSSR count). The van der Waals surface area contributed by atoms with Gasteiger partial charge in [0.2, 0.25) is 5.91 Å². The van der Waals surface area contributed by atoms with Gasteiger partial charge in [0.05, 0.1) is 13.7 Å². The molecule has 2 aromatic carbocycles. The van der Waals surface area contributed by atoms with Gasteiger partial charge in [0, 0.05) is 17.8 Å². The minimum atomic E-state index is -0.303. The van der Waals surface area contributed by atoms with E-state index in [-0.39, 0.29) is 18.4 Å². The highest BCUT2D eigenvalue weighted by molar-refractivity contribution is 6.00. The van der Waals surface area contributed by atoms with Gasteiger partial charge in [-0.15, -0.1) is 0 Å². The number of hydrogen-bond acceptors (Lipinski definition) is 3. The lowest BCUT2D eigenvalue weighted by atomic mass is 10.2. The van der Waals surface area contributed by atoms with Crippen molar-refractivity contribution in [2.75, 3.05) is 25.1 Å². The summed E-state index contributed by atoms with van der Waals surface area (Å²) in [5.41, 5.74) is 2.37. The SMILES string of the molecule is CCN(C(=O)CNC(=O)c1cccc(OC)c1)c1cccc(C)c1. The van der Waals surface area contributed by atoms with E-state index in [2.05, 4.69) is 5.32 Å². The van der Waals surface area contributed by atoms with Gasteiger partial charge in [-0.2, -0.15) is 0 Å². The smallest absolute Gasteiger partial charge is 0.251 e. The van der Waals surface area contributed by atoms with E-state index in [1.54, 1.807) is 36.3 Å². The van der Waals surface area contributed by atoms with Crippen LogP contribution in [0.1, 0.15) is 22.8 Å². The third kappa shape index (κ3) is 4.35. The molecule has 1 N–H and O–H groups in total. The second-order valence-corrected chi connectivity index (χ2v) is 5.39. The molecule has 0 heterocycles. The van der Waals surface area contributed by atoms with Gasteiger partial charge < -0.3 is 15.0 Å². The van der Waals surface area contributed by atoms with Crippen molar-refractivity contribution in [2.24, 2.45) is 0 Å². The predicted octanol–water partition coefficient (Wildman–Crippen LogP) is 2.79. The van der Waals surface area contributed by atoms with E-state index in [1.165, 1.54) is 0 Å². The summed E-state index contributed by atoms with van der Waals surface area (Å²) in [6, 6.07) is 14.5. The van der Waals surface area contributed by atoms with Crippen molar-refractivity contribution in [1.82, 2.24) is 5.32 Å². The molecule has 2 amide bonds. The Morgan fingerprint density at radius 2 is 1.88 bits per heavy atom. The molecule has 0 aliphatic carbocycles. The molecule has 0 atom stereocenters. The summed E-state index contributed by atoms with van der Waals surface area (Å²) >= 11 is 0. The quantitative estimate of drug-likeness (QED) is 0.888. The Labute approximate surface area is 142 Å². The van der Waals surface area contributed by atoms with Gasteiger partial charge >= 0.3 is 0 Å². The summed E-state index contributed by atoms with van der Waals surface area (Å²) in [5.74, 6) is 0.144. The Morgan fingerprint density at radius 3 is 2.54 bits per heavy atom. The van der Waals surface area contributed by atoms with E-state index in [4.69, 9.17) is 4.74 Å². The number of rotatable bonds is 6. The van der Waals surface area contributed by atoms with E-state index >= 15 is 0 Å². The standard InChI is InChI=1S/C19H22N2O3/c1-4-21(16-9-5-7-14(2)11-16)18(22)13-20-19(23)15-8-6-10-17(12-15)24-3/h5-12H,4,13H2,1-3H3,(H,20,23). The maximum atomic E-state index is 12.4. The van der Waals surface area contributed by atoms with Crippen molar-refractivity contribution in [1.29, 1.82) is 0 Å². The lowest BCUT2D eigenvalue weighted by molar-refractivity contribution is -0.117. The molecule has 0 aromatic heterocycles. The van der Waals surface area contributed by atoms with Gasteiger partial charge in [-0.3, -0.25) is 9.59 Å². The second-order valence-electron chi connectivity index (χ2n) is 5.39. The van der Waals surface area contributed by atoms with Gasteiger partial charge in [-0.25, -0.2) is 0 Å². The number of aryl methyl sites for hydroxylation is 1. The molecule has 0 bridgehead atoms. The number of amides is 2. The van der Waals surface area contributed by atoms with Crippen LogP contribution >= 0.6 is 0 Å². The normalized spacial score (nSPS) is 10.1. The van der Waals surface area contributed by atoms with Crippen LogP contribution in [-0.4, -0.2) is 32.0 Å². The van der Waals surface area contributed by atoms with Crippen LogP contribution in [0, 0.1) is 6.92 Å². The third-order valence-electron chi connectivity index (χ3n) is 3.66. The fraction of sp³-hybridized carbons (Fsp3) is 0.263. The molecule has 0 aliphatic rings. The van der Waals surface area contributed by atoms with Gasteiger partial charge in [0.25, 0.3) is 5.91 Å². The highest BCUT2D eigenvalue weighted by Crippen LogP contribution is 2.16. The lowest BCUT2D eigenvalue weighted by Crippen LogP contribution is -2.40. The number of methoxy groups -OCH3 is 1. The molecule has 5 nitrogen and oxygen atoms in total. The number of hydrogen-bond donors (Lipinski definition) is 1. The number of benzene rings is 2. The largest absolute Gasteiger partial charge is 0.497 e. The average molecular weight is 326 g/mol. The molecule has 0 radical (unpaired) electrons. The molecule has 126 valence electrons. The van der Waals surface area contributed by atoms with Crippen molar-refractivity contribution >= 4 is 17.5 Å². The summed E-state index contributed by atoms with van der Waals surface area (Å²) in [6.07, 6.45) is 0. The van der Waals surface area contributed by atoms with Crippen LogP contribution in [0.4, 0.5) is 5.69 Å². The first-order valence-electron chi connectivity index (χ1n) is 7.84. The van der Waals surface area contributed by atoms with Crippen LogP contribution in [-0.2, 0) is 4.79 Å². The van der Waals surface area contributed by atoms with Crippen LogP contribution in [0.3, 0.4) is 0 Å². The second kappa shape index (κ2) is 8.15. The average Bonchev–Trinajstić information content (AvgIpc) is 2.60. The van der Waals surface area contributed by atoms with E-state index in [0.717, 1.165) is 11.3 Å². The minimum Gasteiger partial charge on any atom is -0.497 e. The van der Waals surface area contributed by atoms with Crippen molar-refractivity contribution in [3.63, 3.8) is 0 Å².